The average Bonchev–Trinajstić information content (AvgIpc) is 2.28. The van der Waals surface area contributed by atoms with Crippen LogP contribution < -0.4 is 9.64 Å². The Bertz CT molecular complexity index is 412. The van der Waals surface area contributed by atoms with E-state index in [0.717, 1.165) is 12.4 Å². The minimum atomic E-state index is -0.136. The second-order valence-electron chi connectivity index (χ2n) is 4.54. The Kier molecular flexibility index (Phi) is 3.40. The first-order valence-corrected chi connectivity index (χ1v) is 5.84. The van der Waals surface area contributed by atoms with Crippen LogP contribution in [-0.4, -0.2) is 42.4 Å². The van der Waals surface area contributed by atoms with E-state index in [-0.39, 0.29) is 5.54 Å². The Morgan fingerprint density at radius 3 is 2.88 bits per heavy atom. The SMILES string of the molecule is COc1c(Cl)ncnc1N1CCOCC1(C)C. The molecule has 1 aliphatic heterocycles. The van der Waals surface area contributed by atoms with Crippen molar-refractivity contribution in [3.8, 4) is 5.75 Å². The largest absolute Gasteiger partial charge is 0.490 e. The molecule has 2 rings (SSSR count). The fourth-order valence-electron chi connectivity index (χ4n) is 1.96. The number of aromatic nitrogens is 2. The van der Waals surface area contributed by atoms with Crippen molar-refractivity contribution in [1.29, 1.82) is 0 Å². The number of rotatable bonds is 2. The van der Waals surface area contributed by atoms with Gasteiger partial charge < -0.3 is 14.4 Å². The van der Waals surface area contributed by atoms with Crippen LogP contribution in [0.15, 0.2) is 6.33 Å². The van der Waals surface area contributed by atoms with Gasteiger partial charge in [-0.3, -0.25) is 0 Å². The lowest BCUT2D eigenvalue weighted by molar-refractivity contribution is 0.0635. The van der Waals surface area contributed by atoms with Crippen LogP contribution in [-0.2, 0) is 4.74 Å². The first-order valence-electron chi connectivity index (χ1n) is 5.46. The van der Waals surface area contributed by atoms with Crippen molar-refractivity contribution in [3.05, 3.63) is 11.5 Å². The van der Waals surface area contributed by atoms with Gasteiger partial charge in [-0.25, -0.2) is 9.97 Å². The molecule has 0 aromatic carbocycles. The van der Waals surface area contributed by atoms with Crippen LogP contribution in [0, 0.1) is 0 Å². The molecule has 0 amide bonds. The van der Waals surface area contributed by atoms with Gasteiger partial charge in [-0.1, -0.05) is 11.6 Å². The van der Waals surface area contributed by atoms with E-state index in [2.05, 4.69) is 28.7 Å². The number of hydrogen-bond donors (Lipinski definition) is 0. The summed E-state index contributed by atoms with van der Waals surface area (Å²) in [6.45, 7) is 6.28. The van der Waals surface area contributed by atoms with Crippen LogP contribution in [0.5, 0.6) is 5.75 Å². The first kappa shape index (κ1) is 12.4. The second kappa shape index (κ2) is 4.66. The normalized spacial score (nSPS) is 19.2. The lowest BCUT2D eigenvalue weighted by Gasteiger charge is -2.43. The standard InChI is InChI=1S/C11H16ClN3O2/c1-11(2)6-17-5-4-15(11)10-8(16-3)9(12)13-7-14-10/h7H,4-6H2,1-3H3. The summed E-state index contributed by atoms with van der Waals surface area (Å²) < 4.78 is 10.8. The van der Waals surface area contributed by atoms with E-state index in [1.807, 2.05) is 0 Å². The van der Waals surface area contributed by atoms with Gasteiger partial charge in [0.1, 0.15) is 6.33 Å². The van der Waals surface area contributed by atoms with E-state index < -0.39 is 0 Å². The molecule has 0 atom stereocenters. The third kappa shape index (κ3) is 2.30. The van der Waals surface area contributed by atoms with E-state index in [9.17, 15) is 0 Å². The number of anilines is 1. The minimum absolute atomic E-state index is 0.136. The summed E-state index contributed by atoms with van der Waals surface area (Å²) in [5.41, 5.74) is -0.136. The Morgan fingerprint density at radius 1 is 1.47 bits per heavy atom. The molecule has 1 aromatic rings. The molecule has 1 saturated heterocycles. The molecule has 1 fully saturated rings. The molecule has 17 heavy (non-hydrogen) atoms. The lowest BCUT2D eigenvalue weighted by atomic mass is 10.0. The number of ether oxygens (including phenoxy) is 2. The van der Waals surface area contributed by atoms with E-state index in [1.165, 1.54) is 6.33 Å². The third-order valence-corrected chi connectivity index (χ3v) is 3.12. The second-order valence-corrected chi connectivity index (χ2v) is 4.90. The summed E-state index contributed by atoms with van der Waals surface area (Å²) in [5, 5.41) is 0.333. The molecule has 0 aliphatic carbocycles. The van der Waals surface area contributed by atoms with Crippen molar-refractivity contribution in [1.82, 2.24) is 9.97 Å². The van der Waals surface area contributed by atoms with Gasteiger partial charge in [0.05, 0.1) is 25.9 Å². The average molecular weight is 258 g/mol. The maximum Gasteiger partial charge on any atom is 0.199 e. The zero-order chi connectivity index (χ0) is 12.5. The van der Waals surface area contributed by atoms with Crippen LogP contribution in [0.25, 0.3) is 0 Å². The quantitative estimate of drug-likeness (QED) is 0.756. The van der Waals surface area contributed by atoms with Crippen molar-refractivity contribution >= 4 is 17.4 Å². The zero-order valence-electron chi connectivity index (χ0n) is 10.2. The maximum absolute atomic E-state index is 6.01. The fourth-order valence-corrected chi connectivity index (χ4v) is 2.17. The van der Waals surface area contributed by atoms with Gasteiger partial charge in [0, 0.05) is 6.54 Å². The topological polar surface area (TPSA) is 47.5 Å². The van der Waals surface area contributed by atoms with Gasteiger partial charge in [0.2, 0.25) is 0 Å². The van der Waals surface area contributed by atoms with E-state index >= 15 is 0 Å². The first-order chi connectivity index (χ1) is 8.06. The molecule has 1 aromatic heterocycles. The van der Waals surface area contributed by atoms with Gasteiger partial charge in [-0.2, -0.15) is 0 Å². The van der Waals surface area contributed by atoms with E-state index in [4.69, 9.17) is 21.1 Å². The molecule has 0 unspecified atom stereocenters. The zero-order valence-corrected chi connectivity index (χ0v) is 11.0. The Balaban J connectivity index is 2.42. The number of methoxy groups -OCH3 is 1. The molecule has 5 nitrogen and oxygen atoms in total. The Morgan fingerprint density at radius 2 is 2.24 bits per heavy atom. The molecule has 0 radical (unpaired) electrons. The molecular weight excluding hydrogens is 242 g/mol. The number of halogens is 1. The monoisotopic (exact) mass is 257 g/mol. The molecule has 1 aliphatic rings. The van der Waals surface area contributed by atoms with Crippen LogP contribution in [0.3, 0.4) is 0 Å². The highest BCUT2D eigenvalue weighted by molar-refractivity contribution is 6.31. The smallest absolute Gasteiger partial charge is 0.199 e. The van der Waals surface area contributed by atoms with Gasteiger partial charge in [-0.05, 0) is 13.8 Å². The van der Waals surface area contributed by atoms with Crippen LogP contribution in [0.4, 0.5) is 5.82 Å². The van der Waals surface area contributed by atoms with Crippen LogP contribution in [0.2, 0.25) is 5.15 Å². The molecule has 0 bridgehead atoms. The number of morpholine rings is 1. The number of hydrogen-bond acceptors (Lipinski definition) is 5. The summed E-state index contributed by atoms with van der Waals surface area (Å²) in [6.07, 6.45) is 1.45. The summed E-state index contributed by atoms with van der Waals surface area (Å²) >= 11 is 6.01. The predicted octanol–water partition coefficient (Wildman–Crippen LogP) is 1.75. The van der Waals surface area contributed by atoms with Crippen molar-refractivity contribution in [2.45, 2.75) is 19.4 Å². The molecular formula is C11H16ClN3O2. The summed E-state index contributed by atoms with van der Waals surface area (Å²) in [5.74, 6) is 1.24. The minimum Gasteiger partial charge on any atom is -0.490 e. The Labute approximate surface area is 106 Å². The molecule has 0 spiro atoms. The molecule has 94 valence electrons. The highest BCUT2D eigenvalue weighted by Crippen LogP contribution is 2.35. The van der Waals surface area contributed by atoms with Crippen molar-refractivity contribution in [2.75, 3.05) is 31.8 Å². The van der Waals surface area contributed by atoms with E-state index in [1.54, 1.807) is 7.11 Å². The molecule has 6 heteroatoms. The van der Waals surface area contributed by atoms with Crippen LogP contribution in [0.1, 0.15) is 13.8 Å². The van der Waals surface area contributed by atoms with Crippen molar-refractivity contribution in [2.24, 2.45) is 0 Å². The summed E-state index contributed by atoms with van der Waals surface area (Å²) in [7, 11) is 1.57. The maximum atomic E-state index is 6.01. The predicted molar refractivity (Wildman–Crippen MR) is 65.8 cm³/mol. The number of nitrogens with zero attached hydrogens (tertiary/aromatic N) is 3. The third-order valence-electron chi connectivity index (χ3n) is 2.85. The summed E-state index contributed by atoms with van der Waals surface area (Å²) in [6, 6.07) is 0. The van der Waals surface area contributed by atoms with Crippen LogP contribution >= 0.6 is 11.6 Å². The molecule has 0 saturated carbocycles. The lowest BCUT2D eigenvalue weighted by Crippen LogP contribution is -2.53. The Hall–Kier alpha value is -1.07. The highest BCUT2D eigenvalue weighted by atomic mass is 35.5. The van der Waals surface area contributed by atoms with Gasteiger partial charge in [0.15, 0.2) is 16.7 Å². The summed E-state index contributed by atoms with van der Waals surface area (Å²) in [4.78, 5) is 10.3. The van der Waals surface area contributed by atoms with Gasteiger partial charge in [-0.15, -0.1) is 0 Å². The fraction of sp³-hybridized carbons (Fsp3) is 0.636. The van der Waals surface area contributed by atoms with Gasteiger partial charge in [0.25, 0.3) is 0 Å². The molecule has 0 N–H and O–H groups in total. The van der Waals surface area contributed by atoms with E-state index in [0.29, 0.717) is 24.1 Å². The van der Waals surface area contributed by atoms with Crippen molar-refractivity contribution < 1.29 is 9.47 Å². The van der Waals surface area contributed by atoms with Gasteiger partial charge >= 0.3 is 0 Å². The highest BCUT2D eigenvalue weighted by Gasteiger charge is 2.33. The molecule has 2 heterocycles. The van der Waals surface area contributed by atoms with Crippen molar-refractivity contribution in [3.63, 3.8) is 0 Å².